The SMILES string of the molecule is CC12C3CC1CC1(CC4CC5CC1(CCCCCCN)C45C)C2C3. The van der Waals surface area contributed by atoms with Gasteiger partial charge in [-0.3, -0.25) is 0 Å². The van der Waals surface area contributed by atoms with Gasteiger partial charge in [0.15, 0.2) is 0 Å². The van der Waals surface area contributed by atoms with Gasteiger partial charge in [0.2, 0.25) is 0 Å². The molecule has 134 valence electrons. The number of rotatable bonds is 6. The molecule has 6 saturated carbocycles. The zero-order valence-corrected chi connectivity index (χ0v) is 15.9. The standard InChI is InChI=1S/C23H37N/c1-20-15-9-16(20)12-22(19(20)11-15)13-17-10-18-14-23(22,21(17,18)2)7-5-3-4-6-8-24/h15-19H,3-14,24H2,1-2H3. The lowest BCUT2D eigenvalue weighted by Crippen LogP contribution is -2.68. The van der Waals surface area contributed by atoms with Gasteiger partial charge in [-0.25, -0.2) is 0 Å². The van der Waals surface area contributed by atoms with Crippen LogP contribution in [0.15, 0.2) is 0 Å². The van der Waals surface area contributed by atoms with Crippen LogP contribution in [0.25, 0.3) is 0 Å². The number of hydrogen-bond donors (Lipinski definition) is 1. The van der Waals surface area contributed by atoms with Gasteiger partial charge in [-0.05, 0) is 109 Å². The Morgan fingerprint density at radius 3 is 2.21 bits per heavy atom. The van der Waals surface area contributed by atoms with Crippen LogP contribution in [0.4, 0.5) is 0 Å². The van der Waals surface area contributed by atoms with Crippen LogP contribution in [-0.2, 0) is 0 Å². The molecule has 1 nitrogen and oxygen atoms in total. The maximum absolute atomic E-state index is 5.71. The summed E-state index contributed by atoms with van der Waals surface area (Å²) in [5.41, 5.74) is 8.84. The predicted molar refractivity (Wildman–Crippen MR) is 98.4 cm³/mol. The van der Waals surface area contributed by atoms with Crippen LogP contribution in [0.5, 0.6) is 0 Å². The number of nitrogens with two attached hydrogens (primary N) is 1. The monoisotopic (exact) mass is 327 g/mol. The molecule has 1 heteroatoms. The van der Waals surface area contributed by atoms with Crippen molar-refractivity contribution in [1.82, 2.24) is 0 Å². The van der Waals surface area contributed by atoms with Crippen LogP contribution in [0.1, 0.15) is 84.5 Å². The fourth-order valence-electron chi connectivity index (χ4n) is 10.6. The van der Waals surface area contributed by atoms with Crippen molar-refractivity contribution in [3.63, 3.8) is 0 Å². The molecule has 0 aromatic heterocycles. The van der Waals surface area contributed by atoms with Crippen LogP contribution < -0.4 is 5.73 Å². The second-order valence-corrected chi connectivity index (χ2v) is 11.5. The first-order valence-corrected chi connectivity index (χ1v) is 11.2. The van der Waals surface area contributed by atoms with Gasteiger partial charge in [0.25, 0.3) is 0 Å². The van der Waals surface area contributed by atoms with Gasteiger partial charge in [0, 0.05) is 0 Å². The smallest absolute Gasteiger partial charge is 0.00773 e. The van der Waals surface area contributed by atoms with E-state index in [1.165, 1.54) is 25.7 Å². The highest BCUT2D eigenvalue weighted by Gasteiger charge is 2.88. The van der Waals surface area contributed by atoms with E-state index in [0.29, 0.717) is 0 Å². The third-order valence-electron chi connectivity index (χ3n) is 11.9. The first-order chi connectivity index (χ1) is 11.5. The summed E-state index contributed by atoms with van der Waals surface area (Å²) in [6.07, 6.45) is 16.9. The summed E-state index contributed by atoms with van der Waals surface area (Å²) < 4.78 is 0. The lowest BCUT2D eigenvalue weighted by molar-refractivity contribution is -0.263. The molecule has 0 aliphatic heterocycles. The molecule has 6 aliphatic carbocycles. The second kappa shape index (κ2) is 4.26. The fraction of sp³-hybridized carbons (Fsp3) is 1.00. The summed E-state index contributed by atoms with van der Waals surface area (Å²) in [5, 5.41) is 0. The van der Waals surface area contributed by atoms with E-state index in [0.717, 1.165) is 57.8 Å². The van der Waals surface area contributed by atoms with Crippen molar-refractivity contribution in [2.75, 3.05) is 6.54 Å². The quantitative estimate of drug-likeness (QED) is 0.651. The molecule has 9 unspecified atom stereocenters. The predicted octanol–water partition coefficient (Wildman–Crippen LogP) is 5.38. The minimum atomic E-state index is 0.770. The average Bonchev–Trinajstić information content (AvgIpc) is 2.81. The molecule has 9 atom stereocenters. The molecule has 1 spiro atoms. The third-order valence-corrected chi connectivity index (χ3v) is 11.9. The van der Waals surface area contributed by atoms with Crippen LogP contribution in [0.2, 0.25) is 0 Å². The molecule has 6 fully saturated rings. The second-order valence-electron chi connectivity index (χ2n) is 11.5. The zero-order valence-electron chi connectivity index (χ0n) is 15.9. The van der Waals surface area contributed by atoms with E-state index in [1.807, 2.05) is 0 Å². The zero-order chi connectivity index (χ0) is 16.4. The van der Waals surface area contributed by atoms with Crippen LogP contribution in [0.3, 0.4) is 0 Å². The average molecular weight is 328 g/mol. The lowest BCUT2D eigenvalue weighted by Gasteiger charge is -2.74. The highest BCUT2D eigenvalue weighted by Crippen LogP contribution is 2.95. The first kappa shape index (κ1) is 15.1. The van der Waals surface area contributed by atoms with Crippen molar-refractivity contribution < 1.29 is 0 Å². The number of hydrogen-bond acceptors (Lipinski definition) is 1. The molecular formula is C23H37N. The molecule has 6 rings (SSSR count). The molecule has 0 heterocycles. The van der Waals surface area contributed by atoms with Crippen molar-refractivity contribution in [2.24, 2.45) is 57.0 Å². The Bertz CT molecular complexity index is 581. The van der Waals surface area contributed by atoms with Crippen molar-refractivity contribution in [1.29, 1.82) is 0 Å². The van der Waals surface area contributed by atoms with Crippen LogP contribution in [-0.4, -0.2) is 6.54 Å². The van der Waals surface area contributed by atoms with Crippen molar-refractivity contribution in [2.45, 2.75) is 84.5 Å². The maximum Gasteiger partial charge on any atom is -0.00773 e. The van der Waals surface area contributed by atoms with E-state index >= 15 is 0 Å². The summed E-state index contributed by atoms with van der Waals surface area (Å²) in [6, 6.07) is 0. The van der Waals surface area contributed by atoms with E-state index in [9.17, 15) is 0 Å². The van der Waals surface area contributed by atoms with Gasteiger partial charge in [0.05, 0.1) is 0 Å². The van der Waals surface area contributed by atoms with Gasteiger partial charge < -0.3 is 5.73 Å². The summed E-state index contributed by atoms with van der Waals surface area (Å²) in [4.78, 5) is 0. The molecule has 0 amide bonds. The Hall–Kier alpha value is -0.0400. The Balaban J connectivity index is 1.31. The highest BCUT2D eigenvalue weighted by molar-refractivity contribution is 5.36. The molecule has 24 heavy (non-hydrogen) atoms. The van der Waals surface area contributed by atoms with Crippen LogP contribution in [0, 0.1) is 51.2 Å². The number of unbranched alkanes of at least 4 members (excludes halogenated alkanes) is 3. The normalized spacial score (nSPS) is 63.9. The van der Waals surface area contributed by atoms with Gasteiger partial charge in [0.1, 0.15) is 0 Å². The summed E-state index contributed by atoms with van der Waals surface area (Å²) in [7, 11) is 0. The van der Waals surface area contributed by atoms with E-state index in [2.05, 4.69) is 13.8 Å². The van der Waals surface area contributed by atoms with E-state index < -0.39 is 0 Å². The Morgan fingerprint density at radius 1 is 0.792 bits per heavy atom. The van der Waals surface area contributed by atoms with E-state index in [-0.39, 0.29) is 0 Å². The molecule has 0 aromatic carbocycles. The lowest BCUT2D eigenvalue weighted by atomic mass is 9.30. The maximum atomic E-state index is 5.71. The molecule has 0 saturated heterocycles. The molecule has 6 aliphatic rings. The van der Waals surface area contributed by atoms with Crippen LogP contribution >= 0.6 is 0 Å². The van der Waals surface area contributed by atoms with E-state index in [4.69, 9.17) is 5.73 Å². The Labute approximate surface area is 148 Å². The summed E-state index contributed by atoms with van der Waals surface area (Å²) >= 11 is 0. The largest absolute Gasteiger partial charge is 0.330 e. The molecule has 0 aromatic rings. The van der Waals surface area contributed by atoms with Gasteiger partial charge in [-0.1, -0.05) is 33.1 Å². The Kier molecular flexibility index (Phi) is 2.68. The fourth-order valence-corrected chi connectivity index (χ4v) is 10.6. The number of fused-ring (bicyclic) bond motifs is 2. The summed E-state index contributed by atoms with van der Waals surface area (Å²) in [5.74, 6) is 5.61. The topological polar surface area (TPSA) is 26.0 Å². The molecular weight excluding hydrogens is 290 g/mol. The molecule has 0 bridgehead atoms. The van der Waals surface area contributed by atoms with Crippen molar-refractivity contribution in [3.05, 3.63) is 0 Å². The minimum absolute atomic E-state index is 0.770. The first-order valence-electron chi connectivity index (χ1n) is 11.2. The molecule has 2 N–H and O–H groups in total. The van der Waals surface area contributed by atoms with Gasteiger partial charge >= 0.3 is 0 Å². The minimum Gasteiger partial charge on any atom is -0.330 e. The highest BCUT2D eigenvalue weighted by atomic mass is 14.9. The Morgan fingerprint density at radius 2 is 1.50 bits per heavy atom. The van der Waals surface area contributed by atoms with Gasteiger partial charge in [-0.2, -0.15) is 0 Å². The van der Waals surface area contributed by atoms with Crippen molar-refractivity contribution in [3.8, 4) is 0 Å². The third kappa shape index (κ3) is 1.22. The summed E-state index contributed by atoms with van der Waals surface area (Å²) in [6.45, 7) is 6.35. The van der Waals surface area contributed by atoms with E-state index in [1.54, 1.807) is 44.9 Å². The molecule has 0 radical (unpaired) electrons. The van der Waals surface area contributed by atoms with Crippen molar-refractivity contribution >= 4 is 0 Å². The van der Waals surface area contributed by atoms with Gasteiger partial charge in [-0.15, -0.1) is 0 Å².